The van der Waals surface area contributed by atoms with Gasteiger partial charge in [0, 0.05) is 17.6 Å². The third-order valence-corrected chi connectivity index (χ3v) is 4.71. The van der Waals surface area contributed by atoms with Gasteiger partial charge in [-0.2, -0.15) is 0 Å². The molecule has 0 fully saturated rings. The van der Waals surface area contributed by atoms with Gasteiger partial charge in [-0.3, -0.25) is 0 Å². The fraction of sp³-hybridized carbons (Fsp3) is 0.190. The Balaban J connectivity index is 1.74. The molecule has 0 aliphatic rings. The standard InChI is InChI=1S/C21H20BrNO/c1-23(13-16-5-4-8-21(22)11-16)14-20(15-24)19-10-9-17-6-2-3-7-18(17)12-19/h2-12,15,20H,13-14H2,1H3. The van der Waals surface area contributed by atoms with Crippen LogP contribution in [0.5, 0.6) is 0 Å². The second-order valence-corrected chi connectivity index (χ2v) is 7.09. The molecule has 0 spiro atoms. The molecule has 0 amide bonds. The van der Waals surface area contributed by atoms with E-state index in [1.807, 2.05) is 24.3 Å². The van der Waals surface area contributed by atoms with Gasteiger partial charge >= 0.3 is 0 Å². The first-order valence-electron chi connectivity index (χ1n) is 8.02. The van der Waals surface area contributed by atoms with E-state index in [1.165, 1.54) is 16.3 Å². The summed E-state index contributed by atoms with van der Waals surface area (Å²) in [5.41, 5.74) is 2.31. The van der Waals surface area contributed by atoms with Gasteiger partial charge in [0.1, 0.15) is 6.29 Å². The van der Waals surface area contributed by atoms with Crippen LogP contribution < -0.4 is 0 Å². The lowest BCUT2D eigenvalue weighted by Crippen LogP contribution is -2.25. The SMILES string of the molecule is CN(Cc1cccc(Br)c1)CC(C=O)c1ccc2ccccc2c1. The zero-order valence-electron chi connectivity index (χ0n) is 13.7. The van der Waals surface area contributed by atoms with Crippen LogP contribution in [0.15, 0.2) is 71.2 Å². The highest BCUT2D eigenvalue weighted by atomic mass is 79.9. The first-order valence-corrected chi connectivity index (χ1v) is 8.82. The molecular formula is C21H20BrNO. The molecule has 0 bridgehead atoms. The van der Waals surface area contributed by atoms with E-state index < -0.39 is 0 Å². The van der Waals surface area contributed by atoms with Crippen LogP contribution in [0.3, 0.4) is 0 Å². The van der Waals surface area contributed by atoms with Gasteiger partial charge in [0.15, 0.2) is 0 Å². The molecule has 1 unspecified atom stereocenters. The fourth-order valence-electron chi connectivity index (χ4n) is 3.01. The minimum Gasteiger partial charge on any atom is -0.303 e. The van der Waals surface area contributed by atoms with Gasteiger partial charge in [-0.1, -0.05) is 70.5 Å². The van der Waals surface area contributed by atoms with E-state index in [0.29, 0.717) is 6.54 Å². The summed E-state index contributed by atoms with van der Waals surface area (Å²) in [6.45, 7) is 1.52. The number of hydrogen-bond acceptors (Lipinski definition) is 2. The second-order valence-electron chi connectivity index (χ2n) is 6.18. The van der Waals surface area contributed by atoms with Crippen LogP contribution in [0.1, 0.15) is 17.0 Å². The van der Waals surface area contributed by atoms with Crippen molar-refractivity contribution in [2.24, 2.45) is 0 Å². The van der Waals surface area contributed by atoms with Gasteiger partial charge in [-0.15, -0.1) is 0 Å². The minimum atomic E-state index is -0.119. The maximum atomic E-state index is 11.6. The van der Waals surface area contributed by atoms with Crippen molar-refractivity contribution >= 4 is 33.0 Å². The minimum absolute atomic E-state index is 0.119. The lowest BCUT2D eigenvalue weighted by molar-refractivity contribution is -0.109. The molecule has 0 N–H and O–H groups in total. The molecule has 3 heteroatoms. The average molecular weight is 382 g/mol. The van der Waals surface area contributed by atoms with Crippen molar-refractivity contribution < 1.29 is 4.79 Å². The van der Waals surface area contributed by atoms with Gasteiger partial charge in [-0.05, 0) is 41.1 Å². The topological polar surface area (TPSA) is 20.3 Å². The van der Waals surface area contributed by atoms with Crippen molar-refractivity contribution in [3.05, 3.63) is 82.3 Å². The largest absolute Gasteiger partial charge is 0.303 e. The summed E-state index contributed by atoms with van der Waals surface area (Å²) < 4.78 is 1.08. The summed E-state index contributed by atoms with van der Waals surface area (Å²) >= 11 is 3.50. The van der Waals surface area contributed by atoms with Crippen molar-refractivity contribution in [2.45, 2.75) is 12.5 Å². The quantitative estimate of drug-likeness (QED) is 0.558. The number of hydrogen-bond donors (Lipinski definition) is 0. The predicted octanol–water partition coefficient (Wildman–Crippen LogP) is 5.02. The number of nitrogens with zero attached hydrogens (tertiary/aromatic N) is 1. The first-order chi connectivity index (χ1) is 11.7. The Kier molecular flexibility index (Phi) is 5.44. The Morgan fingerprint density at radius 2 is 1.79 bits per heavy atom. The highest BCUT2D eigenvalue weighted by Crippen LogP contribution is 2.22. The summed E-state index contributed by atoms with van der Waals surface area (Å²) in [6, 6.07) is 22.8. The van der Waals surface area contributed by atoms with E-state index in [2.05, 4.69) is 70.3 Å². The molecular weight excluding hydrogens is 362 g/mol. The summed E-state index contributed by atoms with van der Waals surface area (Å²) in [4.78, 5) is 13.8. The van der Waals surface area contributed by atoms with Crippen molar-refractivity contribution in [3.63, 3.8) is 0 Å². The number of carbonyl (C=O) groups is 1. The number of rotatable bonds is 6. The molecule has 0 aliphatic heterocycles. The number of benzene rings is 3. The first kappa shape index (κ1) is 16.9. The molecule has 0 saturated carbocycles. The monoisotopic (exact) mass is 381 g/mol. The number of halogens is 1. The summed E-state index contributed by atoms with van der Waals surface area (Å²) in [7, 11) is 2.05. The zero-order chi connectivity index (χ0) is 16.9. The Hall–Kier alpha value is -1.97. The van der Waals surface area contributed by atoms with Gasteiger partial charge in [0.05, 0.1) is 5.92 Å². The van der Waals surface area contributed by atoms with Crippen molar-refractivity contribution in [1.82, 2.24) is 4.90 Å². The third-order valence-electron chi connectivity index (χ3n) is 4.22. The summed E-state index contributed by atoms with van der Waals surface area (Å²) in [5, 5.41) is 2.38. The normalized spacial score (nSPS) is 12.5. The zero-order valence-corrected chi connectivity index (χ0v) is 15.2. The van der Waals surface area contributed by atoms with Gasteiger partial charge < -0.3 is 9.69 Å². The maximum absolute atomic E-state index is 11.6. The lowest BCUT2D eigenvalue weighted by Gasteiger charge is -2.21. The van der Waals surface area contributed by atoms with E-state index in [9.17, 15) is 4.79 Å². The van der Waals surface area contributed by atoms with E-state index in [0.717, 1.165) is 22.9 Å². The average Bonchev–Trinajstić information content (AvgIpc) is 2.59. The van der Waals surface area contributed by atoms with Crippen LogP contribution in [0.25, 0.3) is 10.8 Å². The lowest BCUT2D eigenvalue weighted by atomic mass is 9.97. The molecule has 3 rings (SSSR count). The molecule has 122 valence electrons. The van der Waals surface area contributed by atoms with Gasteiger partial charge in [0.2, 0.25) is 0 Å². The molecule has 24 heavy (non-hydrogen) atoms. The van der Waals surface area contributed by atoms with E-state index in [1.54, 1.807) is 0 Å². The molecule has 3 aromatic rings. The molecule has 0 aromatic heterocycles. The molecule has 0 aliphatic carbocycles. The van der Waals surface area contributed by atoms with Crippen LogP contribution in [0.2, 0.25) is 0 Å². The van der Waals surface area contributed by atoms with Gasteiger partial charge in [-0.25, -0.2) is 0 Å². The summed E-state index contributed by atoms with van der Waals surface area (Å²) in [6.07, 6.45) is 1.06. The van der Waals surface area contributed by atoms with Crippen molar-refractivity contribution in [3.8, 4) is 0 Å². The molecule has 1 atom stereocenters. The highest BCUT2D eigenvalue weighted by Gasteiger charge is 2.14. The van der Waals surface area contributed by atoms with Crippen LogP contribution in [0, 0.1) is 0 Å². The summed E-state index contributed by atoms with van der Waals surface area (Å²) in [5.74, 6) is -0.119. The van der Waals surface area contributed by atoms with Crippen LogP contribution in [0.4, 0.5) is 0 Å². The smallest absolute Gasteiger partial charge is 0.128 e. The Bertz CT molecular complexity index is 846. The Labute approximate surface area is 151 Å². The van der Waals surface area contributed by atoms with E-state index in [-0.39, 0.29) is 5.92 Å². The fourth-order valence-corrected chi connectivity index (χ4v) is 3.46. The van der Waals surface area contributed by atoms with Crippen molar-refractivity contribution in [2.75, 3.05) is 13.6 Å². The van der Waals surface area contributed by atoms with Gasteiger partial charge in [0.25, 0.3) is 0 Å². The predicted molar refractivity (Wildman–Crippen MR) is 103 cm³/mol. The van der Waals surface area contributed by atoms with E-state index in [4.69, 9.17) is 0 Å². The number of fused-ring (bicyclic) bond motifs is 1. The number of aldehydes is 1. The Morgan fingerprint density at radius 1 is 1.00 bits per heavy atom. The third kappa shape index (κ3) is 4.11. The highest BCUT2D eigenvalue weighted by molar-refractivity contribution is 9.10. The Morgan fingerprint density at radius 3 is 2.54 bits per heavy atom. The number of likely N-dealkylation sites (N-methyl/N-ethyl adjacent to an activating group) is 1. The molecule has 0 heterocycles. The van der Waals surface area contributed by atoms with Crippen LogP contribution in [-0.4, -0.2) is 24.8 Å². The number of carbonyl (C=O) groups excluding carboxylic acids is 1. The van der Waals surface area contributed by atoms with Crippen LogP contribution >= 0.6 is 15.9 Å². The molecule has 0 saturated heterocycles. The van der Waals surface area contributed by atoms with Crippen molar-refractivity contribution in [1.29, 1.82) is 0 Å². The van der Waals surface area contributed by atoms with E-state index >= 15 is 0 Å². The second kappa shape index (κ2) is 7.73. The molecule has 2 nitrogen and oxygen atoms in total. The van der Waals surface area contributed by atoms with Crippen LogP contribution in [-0.2, 0) is 11.3 Å². The maximum Gasteiger partial charge on any atom is 0.128 e. The molecule has 0 radical (unpaired) electrons. The molecule has 3 aromatic carbocycles.